The molecule has 3 heterocycles. The van der Waals surface area contributed by atoms with E-state index in [0.29, 0.717) is 19.0 Å². The van der Waals surface area contributed by atoms with Gasteiger partial charge in [-0.05, 0) is 37.8 Å². The number of carbonyl (C=O) groups excluding carboxylic acids is 1. The molecule has 1 atom stereocenters. The second-order valence-corrected chi connectivity index (χ2v) is 11.0. The lowest BCUT2D eigenvalue weighted by atomic mass is 9.91. The molecule has 2 aromatic heterocycles. The van der Waals surface area contributed by atoms with Gasteiger partial charge in [-0.15, -0.1) is 0 Å². The number of benzene rings is 1. The summed E-state index contributed by atoms with van der Waals surface area (Å²) in [6, 6.07) is 4.73. The topological polar surface area (TPSA) is 85.4 Å². The van der Waals surface area contributed by atoms with E-state index < -0.39 is 17.1 Å². The summed E-state index contributed by atoms with van der Waals surface area (Å²) in [7, 11) is 4.88. The first kappa shape index (κ1) is 26.5. The van der Waals surface area contributed by atoms with E-state index in [9.17, 15) is 18.8 Å². The van der Waals surface area contributed by atoms with Gasteiger partial charge in [-0.2, -0.15) is 4.98 Å². The van der Waals surface area contributed by atoms with E-state index in [-0.39, 0.29) is 46.2 Å². The zero-order chi connectivity index (χ0) is 27.1. The number of halogens is 2. The number of aryl methyl sites for hydroxylation is 1. The van der Waals surface area contributed by atoms with Crippen molar-refractivity contribution in [3.05, 3.63) is 55.4 Å². The highest BCUT2D eigenvalue weighted by atomic mass is 35.5. The largest absolute Gasteiger partial charge is 0.342 e. The van der Waals surface area contributed by atoms with Crippen LogP contribution in [0.15, 0.2) is 27.8 Å². The van der Waals surface area contributed by atoms with Gasteiger partial charge in [-0.1, -0.05) is 36.9 Å². The van der Waals surface area contributed by atoms with Crippen LogP contribution < -0.4 is 16.1 Å². The van der Waals surface area contributed by atoms with Gasteiger partial charge in [0.2, 0.25) is 11.9 Å². The van der Waals surface area contributed by atoms with Crippen molar-refractivity contribution in [2.24, 2.45) is 20.0 Å². The van der Waals surface area contributed by atoms with E-state index in [1.807, 2.05) is 16.8 Å². The van der Waals surface area contributed by atoms with Crippen LogP contribution in [0.3, 0.4) is 0 Å². The smallest absolute Gasteiger partial charge is 0.332 e. The Hall–Kier alpha value is -3.14. The van der Waals surface area contributed by atoms with Gasteiger partial charge in [0.1, 0.15) is 5.82 Å². The van der Waals surface area contributed by atoms with Gasteiger partial charge in [0, 0.05) is 50.9 Å². The van der Waals surface area contributed by atoms with Crippen LogP contribution in [0.4, 0.5) is 10.3 Å². The number of hydrogen-bond acceptors (Lipinski definition) is 5. The molecule has 3 aromatic rings. The van der Waals surface area contributed by atoms with E-state index in [1.54, 1.807) is 17.7 Å². The third-order valence-corrected chi connectivity index (χ3v) is 8.58. The van der Waals surface area contributed by atoms with Gasteiger partial charge >= 0.3 is 5.69 Å². The molecule has 0 radical (unpaired) electrons. The molecule has 1 aliphatic heterocycles. The molecular formula is C27H34ClFN6O3. The molecule has 1 unspecified atom stereocenters. The van der Waals surface area contributed by atoms with E-state index >= 15 is 0 Å². The Labute approximate surface area is 225 Å². The third-order valence-electron chi connectivity index (χ3n) is 8.23. The number of nitrogens with zero attached hydrogens (tertiary/aromatic N) is 6. The minimum atomic E-state index is -0.518. The number of rotatable bonds is 5. The van der Waals surface area contributed by atoms with Crippen LogP contribution in [0.5, 0.6) is 0 Å². The Morgan fingerprint density at radius 2 is 1.84 bits per heavy atom. The van der Waals surface area contributed by atoms with Crippen molar-refractivity contribution in [2.45, 2.75) is 57.5 Å². The first-order valence-corrected chi connectivity index (χ1v) is 13.7. The molecule has 2 fully saturated rings. The van der Waals surface area contributed by atoms with E-state index in [4.69, 9.17) is 16.6 Å². The Kier molecular flexibility index (Phi) is 7.35. The lowest BCUT2D eigenvalue weighted by Crippen LogP contribution is -2.47. The molecule has 0 bridgehead atoms. The van der Waals surface area contributed by atoms with Crippen LogP contribution in [-0.2, 0) is 25.4 Å². The number of hydrogen-bond donors (Lipinski definition) is 0. The van der Waals surface area contributed by atoms with Gasteiger partial charge in [-0.25, -0.2) is 9.18 Å². The minimum absolute atomic E-state index is 0.0398. The summed E-state index contributed by atoms with van der Waals surface area (Å²) in [6.45, 7) is 1.01. The first-order chi connectivity index (χ1) is 18.2. The van der Waals surface area contributed by atoms with Crippen molar-refractivity contribution in [1.29, 1.82) is 0 Å². The molecule has 0 spiro atoms. The summed E-state index contributed by atoms with van der Waals surface area (Å²) < 4.78 is 18.8. The second-order valence-electron chi connectivity index (χ2n) is 10.6. The molecule has 11 heteroatoms. The van der Waals surface area contributed by atoms with Crippen LogP contribution in [0.2, 0.25) is 5.02 Å². The quantitative estimate of drug-likeness (QED) is 0.492. The normalized spacial score (nSPS) is 18.8. The summed E-state index contributed by atoms with van der Waals surface area (Å²) >= 11 is 6.36. The van der Waals surface area contributed by atoms with Crippen molar-refractivity contribution in [3.8, 4) is 0 Å². The molecule has 204 valence electrons. The number of aromatic nitrogens is 4. The minimum Gasteiger partial charge on any atom is -0.342 e. The Bertz CT molecular complexity index is 1470. The molecule has 1 aliphatic carbocycles. The van der Waals surface area contributed by atoms with Crippen molar-refractivity contribution in [2.75, 3.05) is 25.0 Å². The fraction of sp³-hybridized carbons (Fsp3) is 0.556. The molecule has 2 aliphatic rings. The van der Waals surface area contributed by atoms with E-state index in [0.717, 1.165) is 43.1 Å². The lowest BCUT2D eigenvalue weighted by molar-refractivity contribution is -0.137. The lowest BCUT2D eigenvalue weighted by Gasteiger charge is -2.38. The molecule has 9 nitrogen and oxygen atoms in total. The zero-order valence-electron chi connectivity index (χ0n) is 22.1. The highest BCUT2D eigenvalue weighted by molar-refractivity contribution is 6.31. The number of amides is 1. The number of anilines is 1. The van der Waals surface area contributed by atoms with Crippen LogP contribution in [0, 0.1) is 11.7 Å². The maximum absolute atomic E-state index is 14.9. The highest BCUT2D eigenvalue weighted by Gasteiger charge is 2.34. The standard InChI is InChI=1S/C27H34ClFN6O3/c1-31(18-10-5-4-6-11-18)24(36)17-9-8-14-34(15-17)26-30-23-22(25(37)33(3)27(38)32(23)2)35(26)16-19-20(28)12-7-13-21(19)29/h7,12-13,17-18H,4-6,8-11,14-16H2,1-3H3. The number of carbonyl (C=O) groups is 1. The Balaban J connectivity index is 1.56. The Morgan fingerprint density at radius 1 is 1.11 bits per heavy atom. The molecule has 0 N–H and O–H groups in total. The van der Waals surface area contributed by atoms with Gasteiger partial charge in [0.15, 0.2) is 11.2 Å². The number of piperidine rings is 1. The van der Waals surface area contributed by atoms with Crippen LogP contribution >= 0.6 is 11.6 Å². The summed E-state index contributed by atoms with van der Waals surface area (Å²) in [5, 5.41) is 0.236. The average molecular weight is 545 g/mol. The maximum atomic E-state index is 14.9. The predicted octanol–water partition coefficient (Wildman–Crippen LogP) is 3.28. The highest BCUT2D eigenvalue weighted by Crippen LogP contribution is 2.30. The van der Waals surface area contributed by atoms with Crippen LogP contribution in [0.1, 0.15) is 50.5 Å². The second kappa shape index (κ2) is 10.6. The maximum Gasteiger partial charge on any atom is 0.332 e. The third kappa shape index (κ3) is 4.63. The van der Waals surface area contributed by atoms with Gasteiger partial charge in [0.05, 0.1) is 12.5 Å². The summed E-state index contributed by atoms with van der Waals surface area (Å²) in [5.74, 6) is -0.152. The van der Waals surface area contributed by atoms with Crippen LogP contribution in [0.25, 0.3) is 11.2 Å². The molecule has 1 saturated heterocycles. The zero-order valence-corrected chi connectivity index (χ0v) is 22.9. The monoisotopic (exact) mass is 544 g/mol. The van der Waals surface area contributed by atoms with Gasteiger partial charge in [0.25, 0.3) is 5.56 Å². The molecule has 1 amide bonds. The summed E-state index contributed by atoms with van der Waals surface area (Å²) in [5.41, 5.74) is -0.378. The number of fused-ring (bicyclic) bond motifs is 1. The average Bonchev–Trinajstić information content (AvgIpc) is 3.32. The summed E-state index contributed by atoms with van der Waals surface area (Å²) in [4.78, 5) is 48.1. The van der Waals surface area contributed by atoms with Gasteiger partial charge in [-0.3, -0.25) is 23.3 Å². The van der Waals surface area contributed by atoms with Crippen molar-refractivity contribution in [3.63, 3.8) is 0 Å². The fourth-order valence-electron chi connectivity index (χ4n) is 5.96. The van der Waals surface area contributed by atoms with E-state index in [1.165, 1.54) is 30.2 Å². The molecular weight excluding hydrogens is 511 g/mol. The molecule has 1 aromatic carbocycles. The fourth-order valence-corrected chi connectivity index (χ4v) is 6.19. The van der Waals surface area contributed by atoms with Crippen molar-refractivity contribution in [1.82, 2.24) is 23.6 Å². The summed E-state index contributed by atoms with van der Waals surface area (Å²) in [6.07, 6.45) is 7.14. The number of imidazole rings is 1. The van der Waals surface area contributed by atoms with Crippen molar-refractivity contribution < 1.29 is 9.18 Å². The van der Waals surface area contributed by atoms with Crippen molar-refractivity contribution >= 4 is 34.6 Å². The molecule has 5 rings (SSSR count). The SMILES string of the molecule is CN(C(=O)C1CCCN(c2nc3c(c(=O)n(C)c(=O)n3C)n2Cc2c(F)cccc2Cl)C1)C1CCCCC1. The first-order valence-electron chi connectivity index (χ1n) is 13.3. The Morgan fingerprint density at radius 3 is 2.55 bits per heavy atom. The van der Waals surface area contributed by atoms with Gasteiger partial charge < -0.3 is 9.80 Å². The predicted molar refractivity (Wildman–Crippen MR) is 145 cm³/mol. The van der Waals surface area contributed by atoms with Crippen LogP contribution in [-0.4, -0.2) is 55.7 Å². The molecule has 38 heavy (non-hydrogen) atoms. The molecule has 1 saturated carbocycles. The van der Waals surface area contributed by atoms with E-state index in [2.05, 4.69) is 0 Å².